The van der Waals surface area contributed by atoms with Gasteiger partial charge in [-0.25, -0.2) is 0 Å². The highest BCUT2D eigenvalue weighted by atomic mass is 35.5. The molecule has 15 heavy (non-hydrogen) atoms. The summed E-state index contributed by atoms with van der Waals surface area (Å²) in [7, 11) is 1.97. The molecule has 0 aliphatic rings. The van der Waals surface area contributed by atoms with Crippen molar-refractivity contribution in [2.45, 2.75) is 19.9 Å². The van der Waals surface area contributed by atoms with Crippen LogP contribution in [0.1, 0.15) is 17.5 Å². The monoisotopic (exact) mass is 226 g/mol. The normalized spacial score (nSPS) is 10.6. The fourth-order valence-electron chi connectivity index (χ4n) is 1.41. The topological polar surface area (TPSA) is 24.1 Å². The van der Waals surface area contributed by atoms with E-state index in [2.05, 4.69) is 29.7 Å². The summed E-state index contributed by atoms with van der Waals surface area (Å²) in [6, 6.07) is 6.19. The molecule has 0 aromatic heterocycles. The number of aryl methyl sites for hydroxylation is 1. The van der Waals surface area contributed by atoms with Gasteiger partial charge in [0.2, 0.25) is 0 Å². The zero-order valence-electron chi connectivity index (χ0n) is 9.44. The van der Waals surface area contributed by atoms with Crippen molar-refractivity contribution in [1.29, 1.82) is 0 Å². The number of hydrogen-bond donors (Lipinski definition) is 2. The number of nitrogens with one attached hydrogen (secondary N) is 2. The van der Waals surface area contributed by atoms with Crippen LogP contribution in [-0.4, -0.2) is 20.1 Å². The molecule has 0 aliphatic heterocycles. The van der Waals surface area contributed by atoms with Gasteiger partial charge in [0.25, 0.3) is 0 Å². The van der Waals surface area contributed by atoms with E-state index in [1.807, 2.05) is 13.1 Å². The van der Waals surface area contributed by atoms with E-state index >= 15 is 0 Å². The number of halogens is 1. The van der Waals surface area contributed by atoms with Crippen LogP contribution in [-0.2, 0) is 6.54 Å². The summed E-state index contributed by atoms with van der Waals surface area (Å²) < 4.78 is 0. The first kappa shape index (κ1) is 12.5. The lowest BCUT2D eigenvalue weighted by Crippen LogP contribution is -2.19. The number of hydrogen-bond acceptors (Lipinski definition) is 2. The molecule has 0 heterocycles. The molecule has 0 aliphatic carbocycles. The van der Waals surface area contributed by atoms with Crippen molar-refractivity contribution in [3.63, 3.8) is 0 Å². The minimum absolute atomic E-state index is 0.850. The van der Waals surface area contributed by atoms with Gasteiger partial charge in [-0.15, -0.1) is 0 Å². The maximum Gasteiger partial charge on any atom is 0.0453 e. The predicted octanol–water partition coefficient (Wildman–Crippen LogP) is 2.35. The Morgan fingerprint density at radius 1 is 1.27 bits per heavy atom. The lowest BCUT2D eigenvalue weighted by molar-refractivity contribution is 0.625. The molecule has 0 saturated heterocycles. The molecule has 0 fully saturated rings. The van der Waals surface area contributed by atoms with Crippen LogP contribution in [0.15, 0.2) is 18.2 Å². The van der Waals surface area contributed by atoms with Gasteiger partial charge in [-0.3, -0.25) is 0 Å². The Morgan fingerprint density at radius 2 is 2.07 bits per heavy atom. The van der Waals surface area contributed by atoms with Crippen molar-refractivity contribution >= 4 is 11.6 Å². The van der Waals surface area contributed by atoms with Gasteiger partial charge in [-0.1, -0.05) is 23.7 Å². The van der Waals surface area contributed by atoms with E-state index in [0.29, 0.717) is 0 Å². The molecule has 0 radical (unpaired) electrons. The Balaban J connectivity index is 2.31. The summed E-state index contributed by atoms with van der Waals surface area (Å²) in [5, 5.41) is 7.35. The highest BCUT2D eigenvalue weighted by Crippen LogP contribution is 2.16. The molecule has 0 spiro atoms. The first-order chi connectivity index (χ1) is 7.24. The van der Waals surface area contributed by atoms with E-state index < -0.39 is 0 Å². The van der Waals surface area contributed by atoms with E-state index in [9.17, 15) is 0 Å². The molecule has 84 valence electrons. The zero-order valence-corrected chi connectivity index (χ0v) is 10.2. The lowest BCUT2D eigenvalue weighted by atomic mass is 10.1. The van der Waals surface area contributed by atoms with E-state index in [0.717, 1.165) is 31.1 Å². The molecule has 0 bridgehead atoms. The summed E-state index contributed by atoms with van der Waals surface area (Å²) in [5.41, 5.74) is 2.38. The molecule has 2 N–H and O–H groups in total. The van der Waals surface area contributed by atoms with Crippen molar-refractivity contribution < 1.29 is 0 Å². The first-order valence-corrected chi connectivity index (χ1v) is 5.72. The molecule has 0 unspecified atom stereocenters. The summed E-state index contributed by atoms with van der Waals surface area (Å²) in [6.07, 6.45) is 1.14. The van der Waals surface area contributed by atoms with Crippen LogP contribution in [0, 0.1) is 6.92 Å². The third-order valence-corrected chi connectivity index (χ3v) is 2.66. The van der Waals surface area contributed by atoms with Crippen LogP contribution >= 0.6 is 11.6 Å². The lowest BCUT2D eigenvalue weighted by Gasteiger charge is -2.07. The molecule has 0 atom stereocenters. The van der Waals surface area contributed by atoms with Crippen LogP contribution in [0.4, 0.5) is 0 Å². The van der Waals surface area contributed by atoms with Crippen LogP contribution in [0.25, 0.3) is 0 Å². The summed E-state index contributed by atoms with van der Waals surface area (Å²) in [6.45, 7) is 4.97. The van der Waals surface area contributed by atoms with Gasteiger partial charge in [0.15, 0.2) is 0 Å². The molecule has 0 amide bonds. The van der Waals surface area contributed by atoms with Crippen molar-refractivity contribution in [3.8, 4) is 0 Å². The summed E-state index contributed by atoms with van der Waals surface area (Å²) in [4.78, 5) is 0. The Labute approximate surface area is 97.0 Å². The SMILES string of the molecule is CNCCCNCc1ccc(C)cc1Cl. The molecule has 1 rings (SSSR count). The van der Waals surface area contributed by atoms with Crippen LogP contribution in [0.5, 0.6) is 0 Å². The van der Waals surface area contributed by atoms with Crippen molar-refractivity contribution in [1.82, 2.24) is 10.6 Å². The smallest absolute Gasteiger partial charge is 0.0453 e. The van der Waals surface area contributed by atoms with Crippen LogP contribution < -0.4 is 10.6 Å². The fraction of sp³-hybridized carbons (Fsp3) is 0.500. The summed E-state index contributed by atoms with van der Waals surface area (Å²) >= 11 is 6.12. The van der Waals surface area contributed by atoms with E-state index in [-0.39, 0.29) is 0 Å². The molecule has 1 aromatic carbocycles. The second-order valence-electron chi connectivity index (χ2n) is 3.73. The van der Waals surface area contributed by atoms with Crippen molar-refractivity contribution in [3.05, 3.63) is 34.3 Å². The molecule has 0 saturated carbocycles. The second kappa shape index (κ2) is 6.83. The molecule has 2 nitrogen and oxygen atoms in total. The minimum atomic E-state index is 0.850. The van der Waals surface area contributed by atoms with Gasteiger partial charge in [0, 0.05) is 11.6 Å². The van der Waals surface area contributed by atoms with Gasteiger partial charge in [-0.05, 0) is 50.7 Å². The number of rotatable bonds is 6. The maximum atomic E-state index is 6.12. The Kier molecular flexibility index (Phi) is 5.69. The maximum absolute atomic E-state index is 6.12. The highest BCUT2D eigenvalue weighted by Gasteiger charge is 1.99. The largest absolute Gasteiger partial charge is 0.320 e. The quantitative estimate of drug-likeness (QED) is 0.728. The molecule has 3 heteroatoms. The van der Waals surface area contributed by atoms with E-state index in [4.69, 9.17) is 11.6 Å². The molecular formula is C12H19ClN2. The van der Waals surface area contributed by atoms with Gasteiger partial charge in [-0.2, -0.15) is 0 Å². The van der Waals surface area contributed by atoms with Crippen molar-refractivity contribution in [2.75, 3.05) is 20.1 Å². The minimum Gasteiger partial charge on any atom is -0.320 e. The Bertz CT molecular complexity index is 300. The molecule has 1 aromatic rings. The van der Waals surface area contributed by atoms with Crippen LogP contribution in [0.3, 0.4) is 0 Å². The second-order valence-corrected chi connectivity index (χ2v) is 4.14. The van der Waals surface area contributed by atoms with Gasteiger partial charge in [0.05, 0.1) is 0 Å². The predicted molar refractivity (Wildman–Crippen MR) is 66.4 cm³/mol. The highest BCUT2D eigenvalue weighted by molar-refractivity contribution is 6.31. The van der Waals surface area contributed by atoms with E-state index in [1.54, 1.807) is 0 Å². The van der Waals surface area contributed by atoms with E-state index in [1.165, 1.54) is 11.1 Å². The fourth-order valence-corrected chi connectivity index (χ4v) is 1.71. The van der Waals surface area contributed by atoms with Gasteiger partial charge < -0.3 is 10.6 Å². The standard InChI is InChI=1S/C12H19ClN2/c1-10-4-5-11(12(13)8-10)9-15-7-3-6-14-2/h4-5,8,14-15H,3,6-7,9H2,1-2H3. The third-order valence-electron chi connectivity index (χ3n) is 2.30. The summed E-state index contributed by atoms with van der Waals surface area (Å²) in [5.74, 6) is 0. The Hall–Kier alpha value is -0.570. The Morgan fingerprint density at radius 3 is 2.73 bits per heavy atom. The molecular weight excluding hydrogens is 208 g/mol. The zero-order chi connectivity index (χ0) is 11.1. The third kappa shape index (κ3) is 4.65. The average molecular weight is 227 g/mol. The van der Waals surface area contributed by atoms with Gasteiger partial charge in [0.1, 0.15) is 0 Å². The van der Waals surface area contributed by atoms with Gasteiger partial charge >= 0.3 is 0 Å². The van der Waals surface area contributed by atoms with Crippen LogP contribution in [0.2, 0.25) is 5.02 Å². The van der Waals surface area contributed by atoms with Crippen molar-refractivity contribution in [2.24, 2.45) is 0 Å². The average Bonchev–Trinajstić information content (AvgIpc) is 2.20. The first-order valence-electron chi connectivity index (χ1n) is 5.34. The number of benzene rings is 1.